The molecular formula is C14H14N2OS. The summed E-state index contributed by atoms with van der Waals surface area (Å²) in [5.74, 6) is 0.875. The summed E-state index contributed by atoms with van der Waals surface area (Å²) in [6.07, 6.45) is 1.77. The lowest BCUT2D eigenvalue weighted by Crippen LogP contribution is -1.92. The van der Waals surface area contributed by atoms with Gasteiger partial charge in [0.05, 0.1) is 17.8 Å². The Morgan fingerprint density at radius 1 is 1.39 bits per heavy atom. The predicted molar refractivity (Wildman–Crippen MR) is 72.0 cm³/mol. The Hall–Kier alpha value is -1.86. The number of nitrogens with zero attached hydrogens (tertiary/aromatic N) is 2. The fourth-order valence-corrected chi connectivity index (χ4v) is 2.60. The lowest BCUT2D eigenvalue weighted by Gasteiger charge is -2.03. The van der Waals surface area contributed by atoms with Crippen molar-refractivity contribution in [3.05, 3.63) is 45.4 Å². The zero-order chi connectivity index (χ0) is 13.0. The number of hydrogen-bond donors (Lipinski definition) is 0. The monoisotopic (exact) mass is 258 g/mol. The van der Waals surface area contributed by atoms with Crippen LogP contribution in [0.15, 0.2) is 24.3 Å². The second-order valence-electron chi connectivity index (χ2n) is 3.99. The first-order valence-corrected chi connectivity index (χ1v) is 6.54. The van der Waals surface area contributed by atoms with Crippen LogP contribution in [0, 0.1) is 18.3 Å². The zero-order valence-electron chi connectivity index (χ0n) is 10.4. The third-order valence-corrected chi connectivity index (χ3v) is 3.83. The van der Waals surface area contributed by atoms with Gasteiger partial charge in [0.1, 0.15) is 16.7 Å². The number of ether oxygens (including phenoxy) is 1. The molecule has 0 unspecified atom stereocenters. The topological polar surface area (TPSA) is 45.9 Å². The number of aromatic nitrogens is 1. The van der Waals surface area contributed by atoms with E-state index in [-0.39, 0.29) is 0 Å². The molecule has 1 heterocycles. The molecule has 2 aromatic rings. The summed E-state index contributed by atoms with van der Waals surface area (Å²) in [6, 6.07) is 10.2. The summed E-state index contributed by atoms with van der Waals surface area (Å²) < 4.78 is 5.19. The van der Waals surface area contributed by atoms with Gasteiger partial charge in [-0.2, -0.15) is 5.26 Å². The predicted octanol–water partition coefficient (Wildman–Crippen LogP) is 3.12. The van der Waals surface area contributed by atoms with E-state index in [9.17, 15) is 0 Å². The van der Waals surface area contributed by atoms with Gasteiger partial charge >= 0.3 is 0 Å². The van der Waals surface area contributed by atoms with Crippen LogP contribution in [-0.2, 0) is 12.8 Å². The van der Waals surface area contributed by atoms with Crippen LogP contribution >= 0.6 is 11.3 Å². The lowest BCUT2D eigenvalue weighted by molar-refractivity contribution is 0.414. The molecule has 1 aromatic heterocycles. The molecule has 0 spiro atoms. The SMILES string of the molecule is COc1cccc(CCc2nc(C)c(C#N)s2)c1. The maximum absolute atomic E-state index is 8.89. The Morgan fingerprint density at radius 2 is 2.22 bits per heavy atom. The van der Waals surface area contributed by atoms with Crippen molar-refractivity contribution in [2.24, 2.45) is 0 Å². The van der Waals surface area contributed by atoms with Crippen LogP contribution in [0.1, 0.15) is 21.1 Å². The summed E-state index contributed by atoms with van der Waals surface area (Å²) in [6.45, 7) is 1.88. The van der Waals surface area contributed by atoms with Gasteiger partial charge < -0.3 is 4.74 Å². The number of thiazole rings is 1. The van der Waals surface area contributed by atoms with Crippen LogP contribution < -0.4 is 4.74 Å². The Morgan fingerprint density at radius 3 is 2.89 bits per heavy atom. The first-order chi connectivity index (χ1) is 8.72. The van der Waals surface area contributed by atoms with Crippen molar-refractivity contribution in [1.29, 1.82) is 5.26 Å². The fourth-order valence-electron chi connectivity index (χ4n) is 1.74. The first-order valence-electron chi connectivity index (χ1n) is 5.72. The Labute approximate surface area is 111 Å². The van der Waals surface area contributed by atoms with Gasteiger partial charge in [0.15, 0.2) is 0 Å². The minimum Gasteiger partial charge on any atom is -0.497 e. The molecule has 0 aliphatic carbocycles. The van der Waals surface area contributed by atoms with E-state index in [1.807, 2.05) is 25.1 Å². The molecule has 1 aromatic carbocycles. The molecule has 0 radical (unpaired) electrons. The van der Waals surface area contributed by atoms with E-state index in [0.717, 1.165) is 34.2 Å². The van der Waals surface area contributed by atoms with Crippen LogP contribution in [0.3, 0.4) is 0 Å². The molecule has 18 heavy (non-hydrogen) atoms. The highest BCUT2D eigenvalue weighted by Gasteiger charge is 2.07. The number of benzene rings is 1. The number of hydrogen-bond acceptors (Lipinski definition) is 4. The van der Waals surface area contributed by atoms with E-state index in [1.54, 1.807) is 7.11 Å². The molecule has 0 bridgehead atoms. The summed E-state index contributed by atoms with van der Waals surface area (Å²) >= 11 is 1.49. The van der Waals surface area contributed by atoms with Crippen molar-refractivity contribution >= 4 is 11.3 Å². The molecule has 3 nitrogen and oxygen atoms in total. The minimum atomic E-state index is 0.718. The lowest BCUT2D eigenvalue weighted by atomic mass is 10.1. The van der Waals surface area contributed by atoms with Crippen LogP contribution in [0.4, 0.5) is 0 Å². The Kier molecular flexibility index (Phi) is 3.96. The molecule has 0 saturated carbocycles. The maximum Gasteiger partial charge on any atom is 0.127 e. The molecule has 4 heteroatoms. The quantitative estimate of drug-likeness (QED) is 0.846. The van der Waals surface area contributed by atoms with Gasteiger partial charge in [-0.1, -0.05) is 12.1 Å². The molecular weight excluding hydrogens is 244 g/mol. The highest BCUT2D eigenvalue weighted by Crippen LogP contribution is 2.19. The third kappa shape index (κ3) is 2.88. The molecule has 0 saturated heterocycles. The highest BCUT2D eigenvalue weighted by atomic mass is 32.1. The highest BCUT2D eigenvalue weighted by molar-refractivity contribution is 7.12. The normalized spacial score (nSPS) is 10.1. The molecule has 0 N–H and O–H groups in total. The van der Waals surface area contributed by atoms with Crippen LogP contribution in [0.5, 0.6) is 5.75 Å². The Bertz CT molecular complexity index is 584. The summed E-state index contributed by atoms with van der Waals surface area (Å²) in [7, 11) is 1.67. The summed E-state index contributed by atoms with van der Waals surface area (Å²) in [5.41, 5.74) is 2.06. The van der Waals surface area contributed by atoms with E-state index in [0.29, 0.717) is 0 Å². The van der Waals surface area contributed by atoms with Gasteiger partial charge in [-0.15, -0.1) is 11.3 Å². The van der Waals surface area contributed by atoms with Crippen molar-refractivity contribution < 1.29 is 4.74 Å². The van der Waals surface area contributed by atoms with Crippen LogP contribution in [0.25, 0.3) is 0 Å². The average molecular weight is 258 g/mol. The number of nitriles is 1. The van der Waals surface area contributed by atoms with Crippen molar-refractivity contribution in [3.8, 4) is 11.8 Å². The van der Waals surface area contributed by atoms with Gasteiger partial charge in [-0.05, 0) is 31.0 Å². The maximum atomic E-state index is 8.89. The molecule has 0 amide bonds. The Balaban J connectivity index is 2.04. The third-order valence-electron chi connectivity index (χ3n) is 2.70. The fraction of sp³-hybridized carbons (Fsp3) is 0.286. The smallest absolute Gasteiger partial charge is 0.127 e. The minimum absolute atomic E-state index is 0.718. The van der Waals surface area contributed by atoms with Crippen molar-refractivity contribution in [2.45, 2.75) is 19.8 Å². The van der Waals surface area contributed by atoms with E-state index in [1.165, 1.54) is 16.9 Å². The van der Waals surface area contributed by atoms with Gasteiger partial charge in [-0.3, -0.25) is 0 Å². The van der Waals surface area contributed by atoms with Crippen LogP contribution in [-0.4, -0.2) is 12.1 Å². The standard InChI is InChI=1S/C14H14N2OS/c1-10-13(9-15)18-14(16-10)7-6-11-4-3-5-12(8-11)17-2/h3-5,8H,6-7H2,1-2H3. The number of methoxy groups -OCH3 is 1. The summed E-state index contributed by atoms with van der Waals surface area (Å²) in [4.78, 5) is 5.12. The number of aryl methyl sites for hydroxylation is 3. The van der Waals surface area contributed by atoms with Gasteiger partial charge in [0.25, 0.3) is 0 Å². The second-order valence-corrected chi connectivity index (χ2v) is 5.07. The van der Waals surface area contributed by atoms with E-state index < -0.39 is 0 Å². The van der Waals surface area contributed by atoms with E-state index in [2.05, 4.69) is 17.1 Å². The zero-order valence-corrected chi connectivity index (χ0v) is 11.3. The molecule has 0 atom stereocenters. The molecule has 0 aliphatic rings. The van der Waals surface area contributed by atoms with Crippen molar-refractivity contribution in [2.75, 3.05) is 7.11 Å². The molecule has 0 aliphatic heterocycles. The molecule has 92 valence electrons. The first kappa shape index (κ1) is 12.6. The number of rotatable bonds is 4. The average Bonchev–Trinajstić information content (AvgIpc) is 2.77. The molecule has 0 fully saturated rings. The van der Waals surface area contributed by atoms with Crippen molar-refractivity contribution in [1.82, 2.24) is 4.98 Å². The van der Waals surface area contributed by atoms with Gasteiger partial charge in [0.2, 0.25) is 0 Å². The van der Waals surface area contributed by atoms with Gasteiger partial charge in [-0.25, -0.2) is 4.98 Å². The second kappa shape index (κ2) is 5.65. The van der Waals surface area contributed by atoms with E-state index >= 15 is 0 Å². The summed E-state index contributed by atoms with van der Waals surface area (Å²) in [5, 5.41) is 9.91. The van der Waals surface area contributed by atoms with Crippen LogP contribution in [0.2, 0.25) is 0 Å². The van der Waals surface area contributed by atoms with Gasteiger partial charge in [0, 0.05) is 6.42 Å². The largest absolute Gasteiger partial charge is 0.497 e. The molecule has 2 rings (SSSR count). The van der Waals surface area contributed by atoms with Crippen molar-refractivity contribution in [3.63, 3.8) is 0 Å². The van der Waals surface area contributed by atoms with E-state index in [4.69, 9.17) is 10.00 Å².